The van der Waals surface area contributed by atoms with Crippen LogP contribution in [0, 0.1) is 5.82 Å². The molecule has 0 fully saturated rings. The predicted molar refractivity (Wildman–Crippen MR) is 82.6 cm³/mol. The number of carbonyl (C=O) groups excluding carboxylic acids is 1. The first kappa shape index (κ1) is 15.9. The van der Waals surface area contributed by atoms with E-state index in [0.717, 1.165) is 17.8 Å². The first-order valence-corrected chi connectivity index (χ1v) is 7.85. The summed E-state index contributed by atoms with van der Waals surface area (Å²) in [5.41, 5.74) is -0.182. The molecule has 0 atom stereocenters. The second-order valence-corrected chi connectivity index (χ2v) is 5.93. The molecule has 112 valence electrons. The molecule has 0 saturated heterocycles. The van der Waals surface area contributed by atoms with Crippen LogP contribution in [0.5, 0.6) is 0 Å². The third-order valence-electron chi connectivity index (χ3n) is 3.19. The molecule has 2 rings (SSSR count). The van der Waals surface area contributed by atoms with Gasteiger partial charge in [-0.3, -0.25) is 10.1 Å². The third-order valence-corrected chi connectivity index (χ3v) is 4.50. The Labute approximate surface area is 131 Å². The van der Waals surface area contributed by atoms with Crippen molar-refractivity contribution in [1.29, 1.82) is 0 Å². The van der Waals surface area contributed by atoms with Crippen LogP contribution >= 0.6 is 22.9 Å². The van der Waals surface area contributed by atoms with Gasteiger partial charge in [0, 0.05) is 5.92 Å². The van der Waals surface area contributed by atoms with E-state index in [-0.39, 0.29) is 10.6 Å². The topological polar surface area (TPSA) is 54.9 Å². The Bertz CT molecular complexity index is 623. The SMILES string of the molecule is CCC(CC)c1nnc(NC(=O)c2c(F)cccc2Cl)s1. The average Bonchev–Trinajstić information content (AvgIpc) is 2.88. The van der Waals surface area contributed by atoms with Crippen LogP contribution in [0.25, 0.3) is 0 Å². The molecule has 21 heavy (non-hydrogen) atoms. The van der Waals surface area contributed by atoms with Gasteiger partial charge in [-0.2, -0.15) is 0 Å². The van der Waals surface area contributed by atoms with Crippen molar-refractivity contribution in [2.24, 2.45) is 0 Å². The minimum atomic E-state index is -0.662. The Morgan fingerprint density at radius 1 is 1.38 bits per heavy atom. The fourth-order valence-corrected chi connectivity index (χ4v) is 3.22. The van der Waals surface area contributed by atoms with Gasteiger partial charge in [-0.05, 0) is 25.0 Å². The zero-order chi connectivity index (χ0) is 15.4. The van der Waals surface area contributed by atoms with Crippen molar-refractivity contribution in [3.8, 4) is 0 Å². The van der Waals surface area contributed by atoms with Crippen LogP contribution in [0.2, 0.25) is 5.02 Å². The number of benzene rings is 1. The minimum Gasteiger partial charge on any atom is -0.296 e. The molecule has 1 aromatic carbocycles. The quantitative estimate of drug-likeness (QED) is 0.880. The van der Waals surface area contributed by atoms with Gasteiger partial charge in [0.15, 0.2) is 0 Å². The standard InChI is InChI=1S/C14H15ClFN3OS/c1-3-8(4-2)13-18-19-14(21-13)17-12(20)11-9(15)6-5-7-10(11)16/h5-8H,3-4H2,1-2H3,(H,17,19,20). The molecule has 0 aliphatic rings. The van der Waals surface area contributed by atoms with Crippen LogP contribution in [-0.4, -0.2) is 16.1 Å². The maximum Gasteiger partial charge on any atom is 0.261 e. The van der Waals surface area contributed by atoms with Crippen LogP contribution in [0.4, 0.5) is 9.52 Å². The monoisotopic (exact) mass is 327 g/mol. The summed E-state index contributed by atoms with van der Waals surface area (Å²) in [6, 6.07) is 4.11. The number of nitrogens with one attached hydrogen (secondary N) is 1. The van der Waals surface area contributed by atoms with Gasteiger partial charge in [-0.25, -0.2) is 4.39 Å². The van der Waals surface area contributed by atoms with Crippen LogP contribution in [0.1, 0.15) is 48.0 Å². The summed E-state index contributed by atoms with van der Waals surface area (Å²) in [5.74, 6) is -0.958. The fraction of sp³-hybridized carbons (Fsp3) is 0.357. The normalized spacial score (nSPS) is 10.9. The fourth-order valence-electron chi connectivity index (χ4n) is 1.96. The summed E-state index contributed by atoms with van der Waals surface area (Å²) in [5, 5.41) is 11.8. The number of rotatable bonds is 5. The Balaban J connectivity index is 2.17. The lowest BCUT2D eigenvalue weighted by molar-refractivity contribution is 0.102. The lowest BCUT2D eigenvalue weighted by Crippen LogP contribution is -2.14. The molecular weight excluding hydrogens is 313 g/mol. The van der Waals surface area contributed by atoms with Crippen LogP contribution in [0.3, 0.4) is 0 Å². The van der Waals surface area contributed by atoms with Gasteiger partial charge < -0.3 is 0 Å². The van der Waals surface area contributed by atoms with Crippen LogP contribution < -0.4 is 5.32 Å². The number of hydrogen-bond acceptors (Lipinski definition) is 4. The van der Waals surface area contributed by atoms with Crippen molar-refractivity contribution in [2.45, 2.75) is 32.6 Å². The summed E-state index contributed by atoms with van der Waals surface area (Å²) >= 11 is 7.16. The molecule has 0 unspecified atom stereocenters. The van der Waals surface area contributed by atoms with Crippen LogP contribution in [-0.2, 0) is 0 Å². The maximum absolute atomic E-state index is 13.7. The maximum atomic E-state index is 13.7. The van der Waals surface area contributed by atoms with Gasteiger partial charge in [-0.15, -0.1) is 10.2 Å². The van der Waals surface area contributed by atoms with Gasteiger partial charge in [0.05, 0.1) is 10.6 Å². The van der Waals surface area contributed by atoms with Crippen molar-refractivity contribution < 1.29 is 9.18 Å². The van der Waals surface area contributed by atoms with Gasteiger partial charge >= 0.3 is 0 Å². The molecule has 7 heteroatoms. The van der Waals surface area contributed by atoms with Gasteiger partial charge in [0.25, 0.3) is 5.91 Å². The second kappa shape index (κ2) is 6.95. The Kier molecular flexibility index (Phi) is 5.25. The molecule has 1 N–H and O–H groups in total. The first-order chi connectivity index (χ1) is 10.1. The van der Waals surface area contributed by atoms with Crippen molar-refractivity contribution in [3.05, 3.63) is 39.6 Å². The summed E-state index contributed by atoms with van der Waals surface area (Å²) in [7, 11) is 0. The lowest BCUT2D eigenvalue weighted by atomic mass is 10.1. The molecule has 1 amide bonds. The molecule has 0 bridgehead atoms. The minimum absolute atomic E-state index is 0.0669. The van der Waals surface area contributed by atoms with Gasteiger partial charge in [-0.1, -0.05) is 42.9 Å². The highest BCUT2D eigenvalue weighted by Crippen LogP contribution is 2.28. The van der Waals surface area contributed by atoms with E-state index >= 15 is 0 Å². The Morgan fingerprint density at radius 3 is 2.71 bits per heavy atom. The Morgan fingerprint density at radius 2 is 2.10 bits per heavy atom. The summed E-state index contributed by atoms with van der Waals surface area (Å²) in [6.45, 7) is 4.15. The second-order valence-electron chi connectivity index (χ2n) is 4.51. The van der Waals surface area contributed by atoms with E-state index in [9.17, 15) is 9.18 Å². The molecule has 1 aromatic heterocycles. The molecule has 0 spiro atoms. The predicted octanol–water partition coefficient (Wildman–Crippen LogP) is 4.49. The summed E-state index contributed by atoms with van der Waals surface area (Å²) in [4.78, 5) is 12.1. The van der Waals surface area contributed by atoms with E-state index in [2.05, 4.69) is 29.4 Å². The van der Waals surface area contributed by atoms with E-state index < -0.39 is 11.7 Å². The molecular formula is C14H15ClFN3OS. The molecule has 0 saturated carbocycles. The molecule has 0 radical (unpaired) electrons. The van der Waals surface area contributed by atoms with E-state index in [1.807, 2.05) is 0 Å². The van der Waals surface area contributed by atoms with Gasteiger partial charge in [0.1, 0.15) is 10.8 Å². The Hall–Kier alpha value is -1.53. The van der Waals surface area contributed by atoms with Crippen molar-refractivity contribution >= 4 is 34.0 Å². The number of amides is 1. The molecule has 4 nitrogen and oxygen atoms in total. The molecule has 0 aliphatic carbocycles. The van der Waals surface area contributed by atoms with Crippen molar-refractivity contribution in [2.75, 3.05) is 5.32 Å². The summed E-state index contributed by atoms with van der Waals surface area (Å²) in [6.07, 6.45) is 1.91. The number of halogens is 2. The van der Waals surface area contributed by atoms with Crippen molar-refractivity contribution in [1.82, 2.24) is 10.2 Å². The lowest BCUT2D eigenvalue weighted by Gasteiger charge is -2.06. The summed E-state index contributed by atoms with van der Waals surface area (Å²) < 4.78 is 13.7. The zero-order valence-electron chi connectivity index (χ0n) is 11.7. The highest BCUT2D eigenvalue weighted by atomic mass is 35.5. The number of hydrogen-bond donors (Lipinski definition) is 1. The van der Waals surface area contributed by atoms with E-state index in [4.69, 9.17) is 11.6 Å². The third kappa shape index (κ3) is 3.57. The number of aromatic nitrogens is 2. The largest absolute Gasteiger partial charge is 0.296 e. The first-order valence-electron chi connectivity index (χ1n) is 6.65. The molecule has 2 aromatic rings. The van der Waals surface area contributed by atoms with Gasteiger partial charge in [0.2, 0.25) is 5.13 Å². The number of anilines is 1. The van der Waals surface area contributed by atoms with E-state index in [0.29, 0.717) is 11.0 Å². The molecule has 1 heterocycles. The smallest absolute Gasteiger partial charge is 0.261 e. The highest BCUT2D eigenvalue weighted by Gasteiger charge is 2.19. The van der Waals surface area contributed by atoms with Crippen LogP contribution in [0.15, 0.2) is 18.2 Å². The highest BCUT2D eigenvalue weighted by molar-refractivity contribution is 7.15. The average molecular weight is 328 g/mol. The van der Waals surface area contributed by atoms with E-state index in [1.54, 1.807) is 0 Å². The molecule has 0 aliphatic heterocycles. The van der Waals surface area contributed by atoms with Crippen molar-refractivity contribution in [3.63, 3.8) is 0 Å². The van der Waals surface area contributed by atoms with E-state index in [1.165, 1.54) is 29.5 Å². The number of carbonyl (C=O) groups is 1. The number of nitrogens with zero attached hydrogens (tertiary/aromatic N) is 2. The zero-order valence-corrected chi connectivity index (χ0v) is 13.3.